The smallest absolute Gasteiger partial charge is 0.126 e. The topological polar surface area (TPSA) is 12.0 Å². The van der Waals surface area contributed by atoms with Gasteiger partial charge < -0.3 is 5.32 Å². The second-order valence-electron chi connectivity index (χ2n) is 4.63. The van der Waals surface area contributed by atoms with Crippen molar-refractivity contribution in [3.05, 3.63) is 50.4 Å². The molecule has 0 amide bonds. The molecule has 0 radical (unpaired) electrons. The molecule has 3 rings (SSSR count). The normalized spacial score (nSPS) is 17.8. The van der Waals surface area contributed by atoms with Crippen molar-refractivity contribution in [2.45, 2.75) is 25.8 Å². The van der Waals surface area contributed by atoms with Gasteiger partial charge in [-0.05, 0) is 55.2 Å². The van der Waals surface area contributed by atoms with E-state index in [1.165, 1.54) is 16.5 Å². The van der Waals surface area contributed by atoms with E-state index in [4.69, 9.17) is 11.6 Å². The van der Waals surface area contributed by atoms with Gasteiger partial charge in [-0.25, -0.2) is 4.39 Å². The van der Waals surface area contributed by atoms with Crippen LogP contribution in [0.4, 0.5) is 10.1 Å². The van der Waals surface area contributed by atoms with Gasteiger partial charge in [0.1, 0.15) is 5.82 Å². The lowest BCUT2D eigenvalue weighted by Crippen LogP contribution is -2.06. The molecular weight excluding hydrogens is 269 g/mol. The lowest BCUT2D eigenvalue weighted by Gasteiger charge is -2.15. The fourth-order valence-electron chi connectivity index (χ4n) is 2.42. The SMILES string of the molecule is Cc1cc(NC2CCc3sc(Cl)cc32)ccc1F. The summed E-state index contributed by atoms with van der Waals surface area (Å²) in [6, 6.07) is 7.49. The van der Waals surface area contributed by atoms with Crippen LogP contribution < -0.4 is 5.32 Å². The number of anilines is 1. The first-order chi connectivity index (χ1) is 8.63. The standard InChI is InChI=1S/C14H13ClFNS/c1-8-6-9(2-3-11(8)16)17-12-4-5-13-10(12)7-14(15)18-13/h2-3,6-7,12,17H,4-5H2,1H3. The van der Waals surface area contributed by atoms with Crippen molar-refractivity contribution in [2.75, 3.05) is 5.32 Å². The van der Waals surface area contributed by atoms with E-state index in [1.54, 1.807) is 24.3 Å². The molecule has 1 aliphatic rings. The quantitative estimate of drug-likeness (QED) is 0.821. The number of fused-ring (bicyclic) bond motifs is 1. The van der Waals surface area contributed by atoms with Crippen LogP contribution in [0.2, 0.25) is 4.34 Å². The van der Waals surface area contributed by atoms with Crippen molar-refractivity contribution in [3.63, 3.8) is 0 Å². The summed E-state index contributed by atoms with van der Waals surface area (Å²) < 4.78 is 14.1. The minimum atomic E-state index is -0.161. The molecule has 1 aromatic carbocycles. The zero-order valence-electron chi connectivity index (χ0n) is 9.97. The average molecular weight is 282 g/mol. The fraction of sp³-hybridized carbons (Fsp3) is 0.286. The molecule has 0 saturated carbocycles. The van der Waals surface area contributed by atoms with E-state index in [1.807, 2.05) is 12.1 Å². The third-order valence-corrected chi connectivity index (χ3v) is 4.69. The van der Waals surface area contributed by atoms with E-state index in [0.29, 0.717) is 11.6 Å². The molecule has 18 heavy (non-hydrogen) atoms. The van der Waals surface area contributed by atoms with Gasteiger partial charge in [-0.15, -0.1) is 11.3 Å². The van der Waals surface area contributed by atoms with Gasteiger partial charge in [0.05, 0.1) is 10.4 Å². The third kappa shape index (κ3) is 2.13. The zero-order valence-corrected chi connectivity index (χ0v) is 11.5. The van der Waals surface area contributed by atoms with E-state index in [-0.39, 0.29) is 5.82 Å². The van der Waals surface area contributed by atoms with Crippen LogP contribution >= 0.6 is 22.9 Å². The Morgan fingerprint density at radius 1 is 1.39 bits per heavy atom. The summed E-state index contributed by atoms with van der Waals surface area (Å²) in [7, 11) is 0. The number of thiophene rings is 1. The monoisotopic (exact) mass is 281 g/mol. The molecule has 1 aliphatic carbocycles. The van der Waals surface area contributed by atoms with Crippen LogP contribution in [0.3, 0.4) is 0 Å². The van der Waals surface area contributed by atoms with Crippen LogP contribution in [0, 0.1) is 12.7 Å². The molecule has 1 N–H and O–H groups in total. The molecule has 1 unspecified atom stereocenters. The Kier molecular flexibility index (Phi) is 3.04. The first-order valence-electron chi connectivity index (χ1n) is 5.94. The Balaban J connectivity index is 1.83. The predicted octanol–water partition coefficient (Wildman–Crippen LogP) is 4.95. The van der Waals surface area contributed by atoms with E-state index < -0.39 is 0 Å². The molecule has 1 atom stereocenters. The highest BCUT2D eigenvalue weighted by molar-refractivity contribution is 7.16. The van der Waals surface area contributed by atoms with Crippen molar-refractivity contribution in [1.29, 1.82) is 0 Å². The second kappa shape index (κ2) is 4.56. The summed E-state index contributed by atoms with van der Waals surface area (Å²) >= 11 is 7.70. The Morgan fingerprint density at radius 2 is 2.22 bits per heavy atom. The zero-order chi connectivity index (χ0) is 12.7. The molecule has 0 bridgehead atoms. The molecule has 0 aliphatic heterocycles. The van der Waals surface area contributed by atoms with Gasteiger partial charge in [0.25, 0.3) is 0 Å². The van der Waals surface area contributed by atoms with Crippen molar-refractivity contribution in [1.82, 2.24) is 0 Å². The number of hydrogen-bond acceptors (Lipinski definition) is 2. The van der Waals surface area contributed by atoms with Gasteiger partial charge in [-0.2, -0.15) is 0 Å². The van der Waals surface area contributed by atoms with E-state index >= 15 is 0 Å². The maximum atomic E-state index is 13.2. The van der Waals surface area contributed by atoms with Gasteiger partial charge in [0.2, 0.25) is 0 Å². The summed E-state index contributed by atoms with van der Waals surface area (Å²) in [5.41, 5.74) is 2.93. The van der Waals surface area contributed by atoms with Crippen LogP contribution in [0.5, 0.6) is 0 Å². The number of rotatable bonds is 2. The molecule has 1 aromatic heterocycles. The second-order valence-corrected chi connectivity index (χ2v) is 6.40. The lowest BCUT2D eigenvalue weighted by molar-refractivity contribution is 0.618. The van der Waals surface area contributed by atoms with Crippen LogP contribution in [-0.2, 0) is 6.42 Å². The van der Waals surface area contributed by atoms with Gasteiger partial charge in [0, 0.05) is 10.6 Å². The Morgan fingerprint density at radius 3 is 3.00 bits per heavy atom. The maximum absolute atomic E-state index is 13.2. The van der Waals surface area contributed by atoms with Gasteiger partial charge in [-0.1, -0.05) is 11.6 Å². The number of nitrogens with one attached hydrogen (secondary N) is 1. The average Bonchev–Trinajstić information content (AvgIpc) is 2.85. The molecule has 1 heterocycles. The maximum Gasteiger partial charge on any atom is 0.126 e. The summed E-state index contributed by atoms with van der Waals surface area (Å²) in [4.78, 5) is 1.37. The predicted molar refractivity (Wildman–Crippen MR) is 75.2 cm³/mol. The number of benzene rings is 1. The molecular formula is C14H13ClFNS. The number of aryl methyl sites for hydroxylation is 2. The molecule has 94 valence electrons. The molecule has 0 fully saturated rings. The third-order valence-electron chi connectivity index (χ3n) is 3.35. The van der Waals surface area contributed by atoms with Gasteiger partial charge in [-0.3, -0.25) is 0 Å². The van der Waals surface area contributed by atoms with Crippen molar-refractivity contribution >= 4 is 28.6 Å². The largest absolute Gasteiger partial charge is 0.378 e. The van der Waals surface area contributed by atoms with Crippen LogP contribution in [0.25, 0.3) is 0 Å². The Bertz CT molecular complexity index is 593. The first kappa shape index (κ1) is 12.0. The summed E-state index contributed by atoms with van der Waals surface area (Å²) in [6.45, 7) is 1.78. The first-order valence-corrected chi connectivity index (χ1v) is 7.14. The summed E-state index contributed by atoms with van der Waals surface area (Å²) in [5.74, 6) is -0.161. The van der Waals surface area contributed by atoms with Gasteiger partial charge >= 0.3 is 0 Å². The highest BCUT2D eigenvalue weighted by atomic mass is 35.5. The van der Waals surface area contributed by atoms with E-state index in [2.05, 4.69) is 5.32 Å². The van der Waals surface area contributed by atoms with E-state index in [9.17, 15) is 4.39 Å². The van der Waals surface area contributed by atoms with E-state index in [0.717, 1.165) is 22.9 Å². The highest BCUT2D eigenvalue weighted by Crippen LogP contribution is 2.40. The minimum Gasteiger partial charge on any atom is -0.378 e. The van der Waals surface area contributed by atoms with Crippen LogP contribution in [0.15, 0.2) is 24.3 Å². The summed E-state index contributed by atoms with van der Waals surface area (Å²) in [5, 5.41) is 3.46. The van der Waals surface area contributed by atoms with Crippen molar-refractivity contribution in [3.8, 4) is 0 Å². The van der Waals surface area contributed by atoms with Crippen LogP contribution in [0.1, 0.15) is 28.5 Å². The number of hydrogen-bond donors (Lipinski definition) is 1. The Hall–Kier alpha value is -1.06. The Labute approximate surface area is 115 Å². The lowest BCUT2D eigenvalue weighted by atomic mass is 10.1. The number of halogens is 2. The fourth-order valence-corrected chi connectivity index (χ4v) is 3.77. The molecule has 0 saturated heterocycles. The minimum absolute atomic E-state index is 0.161. The molecule has 2 aromatic rings. The van der Waals surface area contributed by atoms with Crippen molar-refractivity contribution < 1.29 is 4.39 Å². The van der Waals surface area contributed by atoms with Crippen LogP contribution in [-0.4, -0.2) is 0 Å². The summed E-state index contributed by atoms with van der Waals surface area (Å²) in [6.07, 6.45) is 2.15. The molecule has 0 spiro atoms. The van der Waals surface area contributed by atoms with Crippen molar-refractivity contribution in [2.24, 2.45) is 0 Å². The molecule has 1 nitrogen and oxygen atoms in total. The molecule has 4 heteroatoms. The highest BCUT2D eigenvalue weighted by Gasteiger charge is 2.24. The van der Waals surface area contributed by atoms with Gasteiger partial charge in [0.15, 0.2) is 0 Å².